The first kappa shape index (κ1) is 28.4. The maximum absolute atomic E-state index is 14.7. The molecule has 3 heterocycles. The maximum atomic E-state index is 14.7. The van der Waals surface area contributed by atoms with Gasteiger partial charge in [0.2, 0.25) is 5.91 Å². The summed E-state index contributed by atoms with van der Waals surface area (Å²) in [5, 5.41) is 5.99. The van der Waals surface area contributed by atoms with Crippen molar-refractivity contribution in [2.45, 2.75) is 43.8 Å². The first-order valence-corrected chi connectivity index (χ1v) is 12.1. The van der Waals surface area contributed by atoms with E-state index in [2.05, 4.69) is 20.1 Å². The molecule has 0 spiro atoms. The molecule has 1 aliphatic carbocycles. The minimum absolute atomic E-state index is 0.00468. The smallest absolute Gasteiger partial charge is 0.405 e. The molecule has 2 amide bonds. The molecule has 2 aromatic heterocycles. The van der Waals surface area contributed by atoms with Crippen molar-refractivity contribution in [1.29, 1.82) is 0 Å². The molecule has 17 heteroatoms. The second-order valence-corrected chi connectivity index (χ2v) is 9.71. The molecule has 220 valence electrons. The van der Waals surface area contributed by atoms with Gasteiger partial charge < -0.3 is 20.7 Å². The van der Waals surface area contributed by atoms with Gasteiger partial charge in [0.1, 0.15) is 29.9 Å². The Morgan fingerprint density at radius 2 is 1.76 bits per heavy atom. The zero-order valence-electron chi connectivity index (χ0n) is 20.6. The van der Waals surface area contributed by atoms with E-state index in [1.807, 2.05) is 0 Å². The van der Waals surface area contributed by atoms with Crippen LogP contribution in [0.15, 0.2) is 30.6 Å². The summed E-state index contributed by atoms with van der Waals surface area (Å²) in [5.41, 5.74) is 2.54. The Kier molecular flexibility index (Phi) is 6.93. The number of ether oxygens (including phenoxy) is 1. The van der Waals surface area contributed by atoms with Crippen molar-refractivity contribution in [3.8, 4) is 17.0 Å². The van der Waals surface area contributed by atoms with E-state index >= 15 is 0 Å². The predicted molar refractivity (Wildman–Crippen MR) is 125 cm³/mol. The number of alkyl halides is 8. The van der Waals surface area contributed by atoms with Gasteiger partial charge in [-0.05, 0) is 37.1 Å². The SMILES string of the molecule is Nc1ncnn2c(-c3ccc(OC(F)(F)F)c(C(=O)N[C@@H]4CN(C(=O)C5CC(F)C5)C[C@@H]4F)c3)cc(C(F)(F)F)c12. The van der Waals surface area contributed by atoms with Gasteiger partial charge in [-0.25, -0.2) is 18.3 Å². The van der Waals surface area contributed by atoms with Crippen LogP contribution in [-0.4, -0.2) is 69.1 Å². The first-order valence-electron chi connectivity index (χ1n) is 12.1. The fourth-order valence-corrected chi connectivity index (χ4v) is 4.90. The third-order valence-corrected chi connectivity index (χ3v) is 6.94. The van der Waals surface area contributed by atoms with Crippen LogP contribution in [0.3, 0.4) is 0 Å². The van der Waals surface area contributed by atoms with E-state index < -0.39 is 83.4 Å². The Labute approximate surface area is 225 Å². The van der Waals surface area contributed by atoms with E-state index in [1.165, 1.54) is 0 Å². The van der Waals surface area contributed by atoms with Gasteiger partial charge in [0.05, 0.1) is 29.4 Å². The standard InChI is InChI=1S/C24H20F8N6O3/c25-12-3-11(4-12)22(40)37-7-15(26)16(8-37)36-21(39)13-5-10(1-2-18(13)41-24(30,31)32)17-6-14(23(27,28)29)19-20(33)34-9-35-38(17)19/h1-2,5-6,9,11-12,15-16H,3-4,7-8H2,(H,36,39)(H2,33,34,35)/t11?,12?,15-,16+/m0/s1. The average Bonchev–Trinajstić information content (AvgIpc) is 3.43. The highest BCUT2D eigenvalue weighted by molar-refractivity contribution is 5.98. The fraction of sp³-hybridized carbons (Fsp3) is 0.417. The zero-order chi connectivity index (χ0) is 29.9. The second kappa shape index (κ2) is 10.0. The number of fused-ring (bicyclic) bond motifs is 1. The molecule has 0 bridgehead atoms. The summed E-state index contributed by atoms with van der Waals surface area (Å²) < 4.78 is 113. The maximum Gasteiger partial charge on any atom is 0.573 e. The number of rotatable bonds is 5. The number of carbonyl (C=O) groups excluding carboxylic acids is 2. The monoisotopic (exact) mass is 592 g/mol. The van der Waals surface area contributed by atoms with Crippen molar-refractivity contribution >= 4 is 23.1 Å². The van der Waals surface area contributed by atoms with Gasteiger partial charge in [-0.15, -0.1) is 13.2 Å². The van der Waals surface area contributed by atoms with E-state index in [0.29, 0.717) is 6.07 Å². The molecule has 9 nitrogen and oxygen atoms in total. The molecule has 41 heavy (non-hydrogen) atoms. The molecular weight excluding hydrogens is 572 g/mol. The molecule has 0 unspecified atom stereocenters. The van der Waals surface area contributed by atoms with Gasteiger partial charge in [0.25, 0.3) is 5.91 Å². The third kappa shape index (κ3) is 5.56. The topological polar surface area (TPSA) is 115 Å². The molecule has 3 aromatic rings. The Hall–Kier alpha value is -4.18. The number of amides is 2. The van der Waals surface area contributed by atoms with Crippen LogP contribution < -0.4 is 15.8 Å². The number of aromatic nitrogens is 3. The summed E-state index contributed by atoms with van der Waals surface area (Å²) in [4.78, 5) is 30.3. The minimum Gasteiger partial charge on any atom is -0.405 e. The molecule has 0 radical (unpaired) electrons. The summed E-state index contributed by atoms with van der Waals surface area (Å²) >= 11 is 0. The molecule has 2 fully saturated rings. The minimum atomic E-state index is -5.25. The molecular formula is C24H20F8N6O3. The summed E-state index contributed by atoms with van der Waals surface area (Å²) in [6, 6.07) is 1.84. The predicted octanol–water partition coefficient (Wildman–Crippen LogP) is 3.92. The zero-order valence-corrected chi connectivity index (χ0v) is 20.6. The summed E-state index contributed by atoms with van der Waals surface area (Å²) in [6.45, 7) is -0.733. The molecule has 1 saturated heterocycles. The number of anilines is 1. The quantitative estimate of drug-likeness (QED) is 0.435. The fourth-order valence-electron chi connectivity index (χ4n) is 4.90. The van der Waals surface area contributed by atoms with Gasteiger partial charge in [0, 0.05) is 18.0 Å². The van der Waals surface area contributed by atoms with Gasteiger partial charge >= 0.3 is 12.5 Å². The summed E-state index contributed by atoms with van der Waals surface area (Å²) in [5.74, 6) is -3.89. The van der Waals surface area contributed by atoms with Crippen molar-refractivity contribution in [3.63, 3.8) is 0 Å². The molecule has 1 aromatic carbocycles. The number of carbonyl (C=O) groups is 2. The Bertz CT molecular complexity index is 1500. The Morgan fingerprint density at radius 1 is 1.05 bits per heavy atom. The number of nitrogens with one attached hydrogen (secondary N) is 1. The second-order valence-electron chi connectivity index (χ2n) is 9.71. The van der Waals surface area contributed by atoms with E-state index in [0.717, 1.165) is 33.9 Å². The third-order valence-electron chi connectivity index (χ3n) is 6.94. The highest BCUT2D eigenvalue weighted by Crippen LogP contribution is 2.40. The number of nitrogens with two attached hydrogens (primary N) is 1. The van der Waals surface area contributed by atoms with E-state index in [9.17, 15) is 44.7 Å². The number of hydrogen-bond donors (Lipinski definition) is 2. The highest BCUT2D eigenvalue weighted by atomic mass is 19.4. The van der Waals surface area contributed by atoms with Crippen LogP contribution >= 0.6 is 0 Å². The molecule has 5 rings (SSSR count). The molecule has 2 aliphatic rings. The average molecular weight is 592 g/mol. The Morgan fingerprint density at radius 3 is 2.39 bits per heavy atom. The Balaban J connectivity index is 1.48. The normalized spacial score (nSPS) is 23.0. The largest absolute Gasteiger partial charge is 0.573 e. The van der Waals surface area contributed by atoms with Crippen LogP contribution in [0.2, 0.25) is 0 Å². The van der Waals surface area contributed by atoms with Gasteiger partial charge in [0.15, 0.2) is 5.82 Å². The van der Waals surface area contributed by atoms with Gasteiger partial charge in [-0.1, -0.05) is 0 Å². The molecule has 1 saturated carbocycles. The van der Waals surface area contributed by atoms with Crippen molar-refractivity contribution in [3.05, 3.63) is 41.7 Å². The molecule has 3 N–H and O–H groups in total. The van der Waals surface area contributed by atoms with E-state index in [-0.39, 0.29) is 30.6 Å². The molecule has 2 atom stereocenters. The van der Waals surface area contributed by atoms with Gasteiger partial charge in [-0.2, -0.15) is 18.3 Å². The first-order chi connectivity index (χ1) is 19.1. The van der Waals surface area contributed by atoms with Crippen LogP contribution in [0.25, 0.3) is 16.8 Å². The highest BCUT2D eigenvalue weighted by Gasteiger charge is 2.43. The summed E-state index contributed by atoms with van der Waals surface area (Å²) in [7, 11) is 0. The lowest BCUT2D eigenvalue weighted by atomic mass is 9.82. The lowest BCUT2D eigenvalue weighted by Gasteiger charge is -2.31. The number of hydrogen-bond acceptors (Lipinski definition) is 6. The number of halogens is 8. The lowest BCUT2D eigenvalue weighted by Crippen LogP contribution is -2.44. The van der Waals surface area contributed by atoms with Crippen molar-refractivity contribution in [2.24, 2.45) is 5.92 Å². The van der Waals surface area contributed by atoms with E-state index in [4.69, 9.17) is 5.73 Å². The summed E-state index contributed by atoms with van der Waals surface area (Å²) in [6.07, 6.45) is -12.2. The van der Waals surface area contributed by atoms with Crippen LogP contribution in [0.1, 0.15) is 28.8 Å². The number of likely N-dealkylation sites (tertiary alicyclic amines) is 1. The number of nitrogens with zero attached hydrogens (tertiary/aromatic N) is 4. The van der Waals surface area contributed by atoms with Gasteiger partial charge in [-0.3, -0.25) is 9.59 Å². The van der Waals surface area contributed by atoms with Crippen molar-refractivity contribution in [1.82, 2.24) is 24.8 Å². The number of nitrogen functional groups attached to an aromatic ring is 1. The van der Waals surface area contributed by atoms with Crippen LogP contribution in [-0.2, 0) is 11.0 Å². The van der Waals surface area contributed by atoms with Crippen LogP contribution in [0.5, 0.6) is 5.75 Å². The van der Waals surface area contributed by atoms with Crippen molar-refractivity contribution < 1.29 is 49.4 Å². The molecule has 1 aliphatic heterocycles. The lowest BCUT2D eigenvalue weighted by molar-refractivity contribution is -0.274. The van der Waals surface area contributed by atoms with E-state index in [1.54, 1.807) is 0 Å². The van der Waals surface area contributed by atoms with Crippen molar-refractivity contribution in [2.75, 3.05) is 18.8 Å². The number of benzene rings is 1. The van der Waals surface area contributed by atoms with Crippen LogP contribution in [0, 0.1) is 5.92 Å². The van der Waals surface area contributed by atoms with Crippen LogP contribution in [0.4, 0.5) is 40.9 Å².